The van der Waals surface area contributed by atoms with Gasteiger partial charge in [-0.1, -0.05) is 53.5 Å². The number of fused-ring (bicyclic) bond motifs is 2. The van der Waals surface area contributed by atoms with Crippen LogP contribution >= 0.6 is 34.5 Å². The SMILES string of the molecule is O=C1CC2(CCN(CC3CN(C(=O)c4cccc(Cl)c4Cl)CC3c3ccsc3)CC2)c2ccccc21. The molecule has 2 atom stereocenters. The van der Waals surface area contributed by atoms with E-state index in [2.05, 4.69) is 33.9 Å². The van der Waals surface area contributed by atoms with E-state index in [0.717, 1.165) is 38.0 Å². The van der Waals surface area contributed by atoms with Gasteiger partial charge in [0.1, 0.15) is 0 Å². The fourth-order valence-electron chi connectivity index (χ4n) is 6.55. The molecule has 7 heteroatoms. The van der Waals surface area contributed by atoms with Gasteiger partial charge in [0.05, 0.1) is 15.6 Å². The Hall–Kier alpha value is -2.18. The molecule has 0 saturated carbocycles. The Morgan fingerprint density at radius 3 is 2.61 bits per heavy atom. The second kappa shape index (κ2) is 9.60. The Kier molecular flexibility index (Phi) is 6.45. The Balaban J connectivity index is 1.18. The topological polar surface area (TPSA) is 40.6 Å². The summed E-state index contributed by atoms with van der Waals surface area (Å²) in [7, 11) is 0. The molecule has 3 aliphatic rings. The highest BCUT2D eigenvalue weighted by Crippen LogP contribution is 2.46. The largest absolute Gasteiger partial charge is 0.338 e. The summed E-state index contributed by atoms with van der Waals surface area (Å²) in [5.41, 5.74) is 3.95. The molecule has 1 spiro atoms. The van der Waals surface area contributed by atoms with Gasteiger partial charge in [-0.05, 0) is 71.9 Å². The minimum absolute atomic E-state index is 0.00204. The normalized spacial score (nSPS) is 23.4. The Morgan fingerprint density at radius 1 is 1.03 bits per heavy atom. The van der Waals surface area contributed by atoms with Crippen LogP contribution in [0, 0.1) is 5.92 Å². The van der Waals surface area contributed by atoms with E-state index >= 15 is 0 Å². The van der Waals surface area contributed by atoms with Crippen LogP contribution in [0.5, 0.6) is 0 Å². The van der Waals surface area contributed by atoms with Crippen LogP contribution in [-0.2, 0) is 5.41 Å². The average Bonchev–Trinajstić information content (AvgIpc) is 3.62. The second-order valence-electron chi connectivity index (χ2n) is 10.5. The molecule has 2 aliphatic heterocycles. The van der Waals surface area contributed by atoms with Crippen LogP contribution in [0.25, 0.3) is 0 Å². The third-order valence-corrected chi connectivity index (χ3v) is 10.0. The van der Waals surface area contributed by atoms with Crippen molar-refractivity contribution in [1.82, 2.24) is 9.80 Å². The molecule has 2 saturated heterocycles. The first-order chi connectivity index (χ1) is 17.4. The highest BCUT2D eigenvalue weighted by Gasteiger charge is 2.46. The molecule has 1 aromatic heterocycles. The van der Waals surface area contributed by atoms with Crippen molar-refractivity contribution in [2.75, 3.05) is 32.7 Å². The number of thiophene rings is 1. The minimum atomic E-state index is -0.0519. The standard InChI is InChI=1S/C29H28Cl2N2O2S/c30-25-7-3-5-22(27(25)31)28(35)33-16-20(23(17-33)19-8-13-36-18-19)15-32-11-9-29(10-12-32)14-26(34)21-4-1-2-6-24(21)29/h1-8,13,18,20,23H,9-12,14-17H2. The number of likely N-dealkylation sites (tertiary alicyclic amines) is 2. The summed E-state index contributed by atoms with van der Waals surface area (Å²) in [6, 6.07) is 15.6. The Bertz CT molecular complexity index is 1300. The smallest absolute Gasteiger partial charge is 0.255 e. The van der Waals surface area contributed by atoms with Gasteiger partial charge in [0.25, 0.3) is 5.91 Å². The van der Waals surface area contributed by atoms with E-state index in [1.54, 1.807) is 29.5 Å². The van der Waals surface area contributed by atoms with Gasteiger partial charge in [-0.3, -0.25) is 9.59 Å². The zero-order valence-corrected chi connectivity index (χ0v) is 22.3. The summed E-state index contributed by atoms with van der Waals surface area (Å²) in [6.45, 7) is 4.28. The number of Topliss-reactive ketones (excluding diaryl/α,β-unsaturated/α-hetero) is 1. The summed E-state index contributed by atoms with van der Waals surface area (Å²) in [6.07, 6.45) is 2.66. The van der Waals surface area contributed by atoms with Crippen LogP contribution in [-0.4, -0.2) is 54.2 Å². The first-order valence-electron chi connectivity index (χ1n) is 12.6. The van der Waals surface area contributed by atoms with Crippen molar-refractivity contribution in [3.63, 3.8) is 0 Å². The lowest BCUT2D eigenvalue weighted by molar-refractivity contribution is 0.0779. The van der Waals surface area contributed by atoms with Gasteiger partial charge in [0.2, 0.25) is 0 Å². The minimum Gasteiger partial charge on any atom is -0.338 e. The van der Waals surface area contributed by atoms with Gasteiger partial charge in [-0.15, -0.1) is 0 Å². The van der Waals surface area contributed by atoms with Crippen molar-refractivity contribution in [2.45, 2.75) is 30.6 Å². The third kappa shape index (κ3) is 4.20. The van der Waals surface area contributed by atoms with Crippen molar-refractivity contribution in [3.8, 4) is 0 Å². The molecule has 186 valence electrons. The van der Waals surface area contributed by atoms with Gasteiger partial charge in [-0.2, -0.15) is 11.3 Å². The Morgan fingerprint density at radius 2 is 1.83 bits per heavy atom. The third-order valence-electron chi connectivity index (χ3n) is 8.49. The number of ketones is 1. The molecule has 1 amide bonds. The van der Waals surface area contributed by atoms with E-state index in [1.165, 1.54) is 11.1 Å². The molecule has 0 bridgehead atoms. The van der Waals surface area contributed by atoms with E-state index in [1.807, 2.05) is 17.0 Å². The van der Waals surface area contributed by atoms with Crippen LogP contribution in [0.3, 0.4) is 0 Å². The lowest BCUT2D eigenvalue weighted by Gasteiger charge is -2.41. The fourth-order valence-corrected chi connectivity index (χ4v) is 7.66. The van der Waals surface area contributed by atoms with E-state index in [0.29, 0.717) is 52.7 Å². The van der Waals surface area contributed by atoms with Crippen LogP contribution in [0.15, 0.2) is 59.3 Å². The molecule has 1 aliphatic carbocycles. The second-order valence-corrected chi connectivity index (χ2v) is 12.0. The number of piperidine rings is 1. The summed E-state index contributed by atoms with van der Waals surface area (Å²) in [5, 5.41) is 5.06. The quantitative estimate of drug-likeness (QED) is 0.379. The summed E-state index contributed by atoms with van der Waals surface area (Å²) >= 11 is 14.3. The Labute approximate surface area is 225 Å². The van der Waals surface area contributed by atoms with Gasteiger partial charge in [0.15, 0.2) is 5.78 Å². The van der Waals surface area contributed by atoms with E-state index in [-0.39, 0.29) is 11.3 Å². The lowest BCUT2D eigenvalue weighted by atomic mass is 9.73. The summed E-state index contributed by atoms with van der Waals surface area (Å²) in [5.74, 6) is 0.876. The highest BCUT2D eigenvalue weighted by atomic mass is 35.5. The first-order valence-corrected chi connectivity index (χ1v) is 14.3. The van der Waals surface area contributed by atoms with Crippen LogP contribution in [0.1, 0.15) is 57.0 Å². The molecule has 2 fully saturated rings. The molecule has 3 heterocycles. The van der Waals surface area contributed by atoms with Gasteiger partial charge in [-0.25, -0.2) is 0 Å². The zero-order chi connectivity index (χ0) is 24.9. The van der Waals surface area contributed by atoms with Crippen LogP contribution in [0.2, 0.25) is 10.0 Å². The molecular formula is C29H28Cl2N2O2S. The summed E-state index contributed by atoms with van der Waals surface area (Å²) < 4.78 is 0. The highest BCUT2D eigenvalue weighted by molar-refractivity contribution is 7.08. The number of hydrogen-bond donors (Lipinski definition) is 0. The number of halogens is 2. The number of nitrogens with zero attached hydrogens (tertiary/aromatic N) is 2. The molecule has 4 nitrogen and oxygen atoms in total. The number of hydrogen-bond acceptors (Lipinski definition) is 4. The molecule has 3 aromatic rings. The number of carbonyl (C=O) groups is 2. The van der Waals surface area contributed by atoms with E-state index in [4.69, 9.17) is 23.2 Å². The molecule has 6 rings (SSSR count). The number of carbonyl (C=O) groups excluding carboxylic acids is 2. The maximum absolute atomic E-state index is 13.4. The van der Waals surface area contributed by atoms with Crippen molar-refractivity contribution < 1.29 is 9.59 Å². The number of benzene rings is 2. The van der Waals surface area contributed by atoms with Gasteiger partial charge < -0.3 is 9.80 Å². The van der Waals surface area contributed by atoms with Gasteiger partial charge >= 0.3 is 0 Å². The fraction of sp³-hybridized carbons (Fsp3) is 0.379. The number of amides is 1. The molecule has 0 N–H and O–H groups in total. The molecule has 0 radical (unpaired) electrons. The average molecular weight is 540 g/mol. The predicted octanol–water partition coefficient (Wildman–Crippen LogP) is 6.53. The monoisotopic (exact) mass is 538 g/mol. The lowest BCUT2D eigenvalue weighted by Crippen LogP contribution is -2.44. The molecule has 36 heavy (non-hydrogen) atoms. The maximum atomic E-state index is 13.4. The van der Waals surface area contributed by atoms with Crippen molar-refractivity contribution in [3.05, 3.63) is 91.6 Å². The summed E-state index contributed by atoms with van der Waals surface area (Å²) in [4.78, 5) is 30.6. The maximum Gasteiger partial charge on any atom is 0.255 e. The van der Waals surface area contributed by atoms with Gasteiger partial charge in [0, 0.05) is 43.0 Å². The predicted molar refractivity (Wildman–Crippen MR) is 146 cm³/mol. The molecule has 2 aromatic carbocycles. The zero-order valence-electron chi connectivity index (χ0n) is 20.0. The van der Waals surface area contributed by atoms with E-state index in [9.17, 15) is 9.59 Å². The van der Waals surface area contributed by atoms with Crippen LogP contribution in [0.4, 0.5) is 0 Å². The molecule has 2 unspecified atom stereocenters. The van der Waals surface area contributed by atoms with E-state index < -0.39 is 0 Å². The molecular weight excluding hydrogens is 511 g/mol. The number of rotatable bonds is 4. The van der Waals surface area contributed by atoms with Crippen LogP contribution < -0.4 is 0 Å². The van der Waals surface area contributed by atoms with Crippen molar-refractivity contribution in [2.24, 2.45) is 5.92 Å². The van der Waals surface area contributed by atoms with Crippen molar-refractivity contribution in [1.29, 1.82) is 0 Å². The first kappa shape index (κ1) is 24.2. The van der Waals surface area contributed by atoms with Crippen molar-refractivity contribution >= 4 is 46.2 Å².